The molecule has 4 aromatic rings. The summed E-state index contributed by atoms with van der Waals surface area (Å²) >= 11 is 6.04. The first kappa shape index (κ1) is 17.2. The van der Waals surface area contributed by atoms with E-state index in [4.69, 9.17) is 11.6 Å². The summed E-state index contributed by atoms with van der Waals surface area (Å²) in [5, 5.41) is 12.0. The van der Waals surface area contributed by atoms with Crippen LogP contribution in [-0.4, -0.2) is 21.1 Å². The maximum atomic E-state index is 12.7. The second-order valence-electron chi connectivity index (χ2n) is 6.33. The average Bonchev–Trinajstić information content (AvgIpc) is 3.11. The van der Waals surface area contributed by atoms with E-state index in [2.05, 4.69) is 20.5 Å². The number of H-pyrrole nitrogens is 1. The van der Waals surface area contributed by atoms with Crippen LogP contribution in [0.4, 0.5) is 5.69 Å². The highest BCUT2D eigenvalue weighted by atomic mass is 35.5. The molecule has 134 valence electrons. The Morgan fingerprint density at radius 3 is 2.70 bits per heavy atom. The van der Waals surface area contributed by atoms with Gasteiger partial charge in [0.15, 0.2) is 0 Å². The summed E-state index contributed by atoms with van der Waals surface area (Å²) in [6.45, 7) is 1.86. The molecule has 0 bridgehead atoms. The Hall–Kier alpha value is -3.18. The molecule has 0 saturated carbocycles. The molecule has 4 rings (SSSR count). The molecular weight excluding hydrogens is 360 g/mol. The van der Waals surface area contributed by atoms with Gasteiger partial charge in [-0.1, -0.05) is 23.7 Å². The number of anilines is 1. The maximum Gasteiger partial charge on any atom is 0.231 e. The topological polar surface area (TPSA) is 70.7 Å². The summed E-state index contributed by atoms with van der Waals surface area (Å²) < 4.78 is 0. The van der Waals surface area contributed by atoms with Gasteiger partial charge in [0.05, 0.1) is 11.4 Å². The number of rotatable bonds is 4. The molecule has 2 N–H and O–H groups in total. The molecule has 1 unspecified atom stereocenters. The molecule has 6 heteroatoms. The van der Waals surface area contributed by atoms with Crippen molar-refractivity contribution in [2.75, 3.05) is 5.32 Å². The predicted octanol–water partition coefficient (Wildman–Crippen LogP) is 5.02. The number of nitrogens with zero attached hydrogens (tertiary/aromatic N) is 2. The van der Waals surface area contributed by atoms with Gasteiger partial charge in [-0.15, -0.1) is 0 Å². The number of carbonyl (C=O) groups is 1. The van der Waals surface area contributed by atoms with Crippen LogP contribution in [0.1, 0.15) is 18.4 Å². The molecule has 0 saturated heterocycles. The van der Waals surface area contributed by atoms with Crippen molar-refractivity contribution in [2.24, 2.45) is 0 Å². The Morgan fingerprint density at radius 2 is 1.93 bits per heavy atom. The van der Waals surface area contributed by atoms with Crippen molar-refractivity contribution in [3.05, 3.63) is 77.6 Å². The van der Waals surface area contributed by atoms with Gasteiger partial charge in [-0.25, -0.2) is 0 Å². The van der Waals surface area contributed by atoms with Crippen molar-refractivity contribution in [3.8, 4) is 11.3 Å². The lowest BCUT2D eigenvalue weighted by atomic mass is 10.0. The van der Waals surface area contributed by atoms with Crippen molar-refractivity contribution in [3.63, 3.8) is 0 Å². The molecule has 2 aromatic carbocycles. The molecule has 27 heavy (non-hydrogen) atoms. The lowest BCUT2D eigenvalue weighted by molar-refractivity contribution is -0.117. The largest absolute Gasteiger partial charge is 0.326 e. The molecule has 0 fully saturated rings. The number of nitrogens with one attached hydrogen (secondary N) is 2. The van der Waals surface area contributed by atoms with Gasteiger partial charge in [0, 0.05) is 34.1 Å². The van der Waals surface area contributed by atoms with Gasteiger partial charge in [-0.2, -0.15) is 5.10 Å². The number of fused-ring (bicyclic) bond motifs is 1. The minimum Gasteiger partial charge on any atom is -0.326 e. The van der Waals surface area contributed by atoms with Crippen molar-refractivity contribution in [1.29, 1.82) is 0 Å². The zero-order valence-electron chi connectivity index (χ0n) is 14.6. The quantitative estimate of drug-likeness (QED) is 0.525. The fourth-order valence-corrected chi connectivity index (χ4v) is 3.20. The van der Waals surface area contributed by atoms with Gasteiger partial charge < -0.3 is 5.32 Å². The van der Waals surface area contributed by atoms with E-state index in [1.165, 1.54) is 0 Å². The Kier molecular flexibility index (Phi) is 4.60. The Balaban J connectivity index is 1.61. The predicted molar refractivity (Wildman–Crippen MR) is 108 cm³/mol. The molecule has 0 aliphatic carbocycles. The Labute approximate surface area is 161 Å². The van der Waals surface area contributed by atoms with E-state index in [1.807, 2.05) is 55.5 Å². The Morgan fingerprint density at radius 1 is 1.11 bits per heavy atom. The van der Waals surface area contributed by atoms with Crippen LogP contribution in [0.3, 0.4) is 0 Å². The standard InChI is InChI=1S/C21H17ClN4O/c1-13(15-3-2-4-16(22)11-15)21(27)24-17-5-6-19-18(12-17)20(26-25-19)14-7-9-23-10-8-14/h2-13H,1H3,(H,24,27)(H,25,26). The van der Waals surface area contributed by atoms with Gasteiger partial charge >= 0.3 is 0 Å². The first-order chi connectivity index (χ1) is 13.1. The highest BCUT2D eigenvalue weighted by molar-refractivity contribution is 6.30. The normalized spacial score (nSPS) is 12.1. The highest BCUT2D eigenvalue weighted by Crippen LogP contribution is 2.29. The number of aromatic nitrogens is 3. The number of hydrogen-bond acceptors (Lipinski definition) is 3. The van der Waals surface area contributed by atoms with Gasteiger partial charge in [0.25, 0.3) is 0 Å². The highest BCUT2D eigenvalue weighted by Gasteiger charge is 2.16. The van der Waals surface area contributed by atoms with E-state index in [0.29, 0.717) is 5.02 Å². The maximum absolute atomic E-state index is 12.7. The second-order valence-corrected chi connectivity index (χ2v) is 6.77. The molecule has 0 radical (unpaired) electrons. The van der Waals surface area contributed by atoms with Gasteiger partial charge in [-0.3, -0.25) is 14.9 Å². The van der Waals surface area contributed by atoms with Crippen molar-refractivity contribution in [1.82, 2.24) is 15.2 Å². The number of halogens is 1. The molecule has 1 atom stereocenters. The van der Waals surface area contributed by atoms with Gasteiger partial charge in [-0.05, 0) is 55.0 Å². The summed E-state index contributed by atoms with van der Waals surface area (Å²) in [4.78, 5) is 16.7. The van der Waals surface area contributed by atoms with Crippen LogP contribution in [0.15, 0.2) is 67.0 Å². The molecule has 0 aliphatic rings. The van der Waals surface area contributed by atoms with E-state index in [-0.39, 0.29) is 11.8 Å². The monoisotopic (exact) mass is 376 g/mol. The number of benzene rings is 2. The van der Waals surface area contributed by atoms with Crippen molar-refractivity contribution >= 4 is 34.1 Å². The van der Waals surface area contributed by atoms with E-state index in [9.17, 15) is 4.79 Å². The molecule has 1 amide bonds. The third-order valence-electron chi connectivity index (χ3n) is 4.53. The van der Waals surface area contributed by atoms with Crippen LogP contribution in [0.2, 0.25) is 5.02 Å². The number of pyridine rings is 1. The van der Waals surface area contributed by atoms with Crippen molar-refractivity contribution < 1.29 is 4.79 Å². The second kappa shape index (κ2) is 7.21. The summed E-state index contributed by atoms with van der Waals surface area (Å²) in [6, 6.07) is 16.9. The molecule has 0 aliphatic heterocycles. The number of hydrogen-bond donors (Lipinski definition) is 2. The average molecular weight is 377 g/mol. The fraction of sp³-hybridized carbons (Fsp3) is 0.0952. The smallest absolute Gasteiger partial charge is 0.231 e. The van der Waals surface area contributed by atoms with Crippen LogP contribution >= 0.6 is 11.6 Å². The summed E-state index contributed by atoms with van der Waals surface area (Å²) in [5.41, 5.74) is 4.29. The minimum atomic E-state index is -0.316. The lowest BCUT2D eigenvalue weighted by Gasteiger charge is -2.13. The number of aromatic amines is 1. The first-order valence-corrected chi connectivity index (χ1v) is 8.94. The lowest BCUT2D eigenvalue weighted by Crippen LogP contribution is -2.18. The van der Waals surface area contributed by atoms with Gasteiger partial charge in [0.2, 0.25) is 5.91 Å². The molecular formula is C21H17ClN4O. The van der Waals surface area contributed by atoms with E-state index >= 15 is 0 Å². The zero-order chi connectivity index (χ0) is 18.8. The fourth-order valence-electron chi connectivity index (χ4n) is 3.00. The number of amides is 1. The SMILES string of the molecule is CC(C(=O)Nc1ccc2[nH]nc(-c3ccncc3)c2c1)c1cccc(Cl)c1. The third kappa shape index (κ3) is 3.55. The summed E-state index contributed by atoms with van der Waals surface area (Å²) in [7, 11) is 0. The molecule has 5 nitrogen and oxygen atoms in total. The molecule has 2 heterocycles. The van der Waals surface area contributed by atoms with Crippen LogP contribution < -0.4 is 5.32 Å². The summed E-state index contributed by atoms with van der Waals surface area (Å²) in [5.74, 6) is -0.408. The van der Waals surface area contributed by atoms with E-state index in [0.717, 1.165) is 33.4 Å². The zero-order valence-corrected chi connectivity index (χ0v) is 15.4. The third-order valence-corrected chi connectivity index (χ3v) is 4.76. The minimum absolute atomic E-state index is 0.0921. The van der Waals surface area contributed by atoms with E-state index < -0.39 is 0 Å². The van der Waals surface area contributed by atoms with Crippen LogP contribution in [-0.2, 0) is 4.79 Å². The van der Waals surface area contributed by atoms with Crippen molar-refractivity contribution in [2.45, 2.75) is 12.8 Å². The van der Waals surface area contributed by atoms with E-state index in [1.54, 1.807) is 18.5 Å². The molecule has 0 spiro atoms. The number of carbonyl (C=O) groups excluding carboxylic acids is 1. The van der Waals surface area contributed by atoms with Gasteiger partial charge in [0.1, 0.15) is 5.69 Å². The molecule has 2 aromatic heterocycles. The summed E-state index contributed by atoms with van der Waals surface area (Å²) in [6.07, 6.45) is 3.46. The first-order valence-electron chi connectivity index (χ1n) is 8.56. The Bertz CT molecular complexity index is 1110. The van der Waals surface area contributed by atoms with Crippen LogP contribution in [0, 0.1) is 0 Å². The van der Waals surface area contributed by atoms with Crippen LogP contribution in [0.25, 0.3) is 22.2 Å². The van der Waals surface area contributed by atoms with Crippen LogP contribution in [0.5, 0.6) is 0 Å².